The van der Waals surface area contributed by atoms with Crippen molar-refractivity contribution in [2.24, 2.45) is 0 Å². The number of carbonyl (C=O) groups excluding carboxylic acids is 1. The van der Waals surface area contributed by atoms with E-state index in [1.807, 2.05) is 18.2 Å². The van der Waals surface area contributed by atoms with Gasteiger partial charge in [-0.2, -0.15) is 0 Å². The number of hydrogen-bond donors (Lipinski definition) is 2. The van der Waals surface area contributed by atoms with Gasteiger partial charge in [-0.25, -0.2) is 4.79 Å². The van der Waals surface area contributed by atoms with Crippen LogP contribution in [-0.4, -0.2) is 17.0 Å². The van der Waals surface area contributed by atoms with Crippen molar-refractivity contribution in [3.8, 4) is 0 Å². The van der Waals surface area contributed by atoms with Crippen molar-refractivity contribution in [2.75, 3.05) is 5.32 Å². The van der Waals surface area contributed by atoms with E-state index in [4.69, 9.17) is 9.52 Å². The van der Waals surface area contributed by atoms with Gasteiger partial charge >= 0.3 is 5.97 Å². The molecule has 0 saturated heterocycles. The molecule has 0 aliphatic rings. The number of fused-ring (bicyclic) bond motifs is 1. The molecule has 2 N–H and O–H groups in total. The van der Waals surface area contributed by atoms with Gasteiger partial charge in [-0.05, 0) is 39.5 Å². The normalized spacial score (nSPS) is 10.7. The fraction of sp³-hybridized carbons (Fsp3) is 0. The van der Waals surface area contributed by atoms with Crippen LogP contribution in [0.2, 0.25) is 0 Å². The maximum absolute atomic E-state index is 12.2. The minimum Gasteiger partial charge on any atom is -0.478 e. The first-order valence-corrected chi connectivity index (χ1v) is 7.53. The third-order valence-corrected chi connectivity index (χ3v) is 4.30. The van der Waals surface area contributed by atoms with Crippen LogP contribution in [0, 0.1) is 0 Å². The first-order valence-electron chi connectivity index (χ1n) is 5.86. The third-order valence-electron chi connectivity index (χ3n) is 2.84. The molecule has 1 aromatic carbocycles. The summed E-state index contributed by atoms with van der Waals surface area (Å²) in [6, 6.07) is 8.54. The molecule has 3 aromatic rings. The minimum absolute atomic E-state index is 0.0608. The number of nitrogens with one attached hydrogen (secondary N) is 1. The second kappa shape index (κ2) is 5.34. The number of aromatic carboxylic acids is 1. The van der Waals surface area contributed by atoms with Crippen molar-refractivity contribution < 1.29 is 19.1 Å². The number of carbonyl (C=O) groups is 2. The predicted molar refractivity (Wildman–Crippen MR) is 83.1 cm³/mol. The van der Waals surface area contributed by atoms with Crippen LogP contribution in [0.15, 0.2) is 44.6 Å². The largest absolute Gasteiger partial charge is 0.478 e. The van der Waals surface area contributed by atoms with Crippen molar-refractivity contribution in [1.82, 2.24) is 0 Å². The lowest BCUT2D eigenvalue weighted by atomic mass is 10.2. The maximum atomic E-state index is 12.2. The van der Waals surface area contributed by atoms with Gasteiger partial charge in [-0.1, -0.05) is 12.1 Å². The minimum atomic E-state index is -1.08. The Morgan fingerprint density at radius 3 is 2.81 bits per heavy atom. The summed E-state index contributed by atoms with van der Waals surface area (Å²) in [7, 11) is 0. The molecule has 0 saturated carbocycles. The van der Waals surface area contributed by atoms with E-state index in [1.165, 1.54) is 6.07 Å². The van der Waals surface area contributed by atoms with Crippen LogP contribution in [-0.2, 0) is 0 Å². The molecule has 0 radical (unpaired) electrons. The Morgan fingerprint density at radius 1 is 1.29 bits per heavy atom. The summed E-state index contributed by atoms with van der Waals surface area (Å²) in [6.45, 7) is 0. The van der Waals surface area contributed by atoms with Gasteiger partial charge in [0.1, 0.15) is 10.6 Å². The Morgan fingerprint density at radius 2 is 2.10 bits per heavy atom. The molecule has 0 bridgehead atoms. The Labute approximate surface area is 131 Å². The molecule has 7 heteroatoms. The van der Waals surface area contributed by atoms with E-state index in [0.29, 0.717) is 5.58 Å². The van der Waals surface area contributed by atoms with Gasteiger partial charge in [0, 0.05) is 5.39 Å². The Kier molecular flexibility index (Phi) is 3.52. The number of hydrogen-bond acceptors (Lipinski definition) is 4. The number of halogens is 1. The molecule has 0 spiro atoms. The topological polar surface area (TPSA) is 79.5 Å². The number of thiophene rings is 1. The van der Waals surface area contributed by atoms with E-state index < -0.39 is 11.9 Å². The Hall–Kier alpha value is -2.12. The van der Waals surface area contributed by atoms with E-state index in [1.54, 1.807) is 11.4 Å². The summed E-state index contributed by atoms with van der Waals surface area (Å²) >= 11 is 4.50. The molecule has 0 aliphatic carbocycles. The van der Waals surface area contributed by atoms with Gasteiger partial charge in [0.15, 0.2) is 5.76 Å². The van der Waals surface area contributed by atoms with Crippen LogP contribution in [0.4, 0.5) is 5.00 Å². The lowest BCUT2D eigenvalue weighted by molar-refractivity contribution is 0.0698. The molecule has 0 atom stereocenters. The average Bonchev–Trinajstić information content (AvgIpc) is 3.05. The molecule has 2 aromatic heterocycles. The highest BCUT2D eigenvalue weighted by molar-refractivity contribution is 9.10. The molecule has 0 unspecified atom stereocenters. The lowest BCUT2D eigenvalue weighted by Crippen LogP contribution is -2.12. The summed E-state index contributed by atoms with van der Waals surface area (Å²) in [5.74, 6) is -1.44. The van der Waals surface area contributed by atoms with Crippen LogP contribution in [0.3, 0.4) is 0 Å². The molecular weight excluding hydrogens is 358 g/mol. The number of para-hydroxylation sites is 1. The molecular formula is C14H8BrNO4S. The van der Waals surface area contributed by atoms with Gasteiger partial charge in [0.05, 0.1) is 10.0 Å². The molecule has 21 heavy (non-hydrogen) atoms. The average molecular weight is 366 g/mol. The number of rotatable bonds is 3. The molecule has 0 aliphatic heterocycles. The summed E-state index contributed by atoms with van der Waals surface area (Å²) in [5.41, 5.74) is 0.637. The number of carboxylic acid groups (broad SMARTS) is 1. The van der Waals surface area contributed by atoms with E-state index >= 15 is 0 Å². The van der Waals surface area contributed by atoms with Crippen LogP contribution < -0.4 is 5.32 Å². The standard InChI is InChI=1S/C14H8BrNO4S/c15-9-3-1-2-7-6-10(20-11(7)9)12(17)16-13-8(14(18)19)4-5-21-13/h1-6H,(H,16,17)(H,18,19). The van der Waals surface area contributed by atoms with Gasteiger partial charge in [-0.3, -0.25) is 4.79 Å². The van der Waals surface area contributed by atoms with Crippen molar-refractivity contribution in [1.29, 1.82) is 0 Å². The summed E-state index contributed by atoms with van der Waals surface area (Å²) in [5, 5.41) is 14.3. The number of furan rings is 1. The fourth-order valence-corrected chi connectivity index (χ4v) is 3.12. The van der Waals surface area contributed by atoms with Gasteiger partial charge in [0.2, 0.25) is 0 Å². The van der Waals surface area contributed by atoms with E-state index in [2.05, 4.69) is 21.2 Å². The monoisotopic (exact) mass is 365 g/mol. The number of benzene rings is 1. The van der Waals surface area contributed by atoms with Crippen molar-refractivity contribution in [3.63, 3.8) is 0 Å². The SMILES string of the molecule is O=C(Nc1sccc1C(=O)O)c1cc2cccc(Br)c2o1. The highest BCUT2D eigenvalue weighted by Gasteiger charge is 2.18. The second-order valence-corrected chi connectivity index (χ2v) is 5.96. The van der Waals surface area contributed by atoms with Crippen LogP contribution in [0.1, 0.15) is 20.9 Å². The highest BCUT2D eigenvalue weighted by Crippen LogP contribution is 2.28. The lowest BCUT2D eigenvalue weighted by Gasteiger charge is -2.01. The first-order chi connectivity index (χ1) is 10.1. The zero-order valence-corrected chi connectivity index (χ0v) is 12.8. The van der Waals surface area contributed by atoms with Crippen molar-refractivity contribution in [2.45, 2.75) is 0 Å². The highest BCUT2D eigenvalue weighted by atomic mass is 79.9. The van der Waals surface area contributed by atoms with E-state index in [0.717, 1.165) is 21.2 Å². The zero-order valence-electron chi connectivity index (χ0n) is 10.4. The van der Waals surface area contributed by atoms with Crippen molar-refractivity contribution in [3.05, 3.63) is 51.5 Å². The summed E-state index contributed by atoms with van der Waals surface area (Å²) in [4.78, 5) is 23.2. The Bertz CT molecular complexity index is 852. The maximum Gasteiger partial charge on any atom is 0.338 e. The summed E-state index contributed by atoms with van der Waals surface area (Å²) in [6.07, 6.45) is 0. The van der Waals surface area contributed by atoms with Crippen LogP contribution >= 0.6 is 27.3 Å². The molecule has 5 nitrogen and oxygen atoms in total. The molecule has 2 heterocycles. The van der Waals surface area contributed by atoms with Crippen LogP contribution in [0.25, 0.3) is 11.0 Å². The second-order valence-electron chi connectivity index (χ2n) is 4.19. The number of anilines is 1. The van der Waals surface area contributed by atoms with Gasteiger partial charge in [0.25, 0.3) is 5.91 Å². The predicted octanol–water partition coefficient (Wildman–Crippen LogP) is 4.21. The first kappa shape index (κ1) is 13.8. The van der Waals surface area contributed by atoms with E-state index in [-0.39, 0.29) is 16.3 Å². The number of carboxylic acids is 1. The quantitative estimate of drug-likeness (QED) is 0.728. The summed E-state index contributed by atoms with van der Waals surface area (Å²) < 4.78 is 6.26. The van der Waals surface area contributed by atoms with Gasteiger partial charge < -0.3 is 14.8 Å². The van der Waals surface area contributed by atoms with Crippen molar-refractivity contribution >= 4 is 55.1 Å². The third kappa shape index (κ3) is 2.57. The molecule has 3 rings (SSSR count). The van der Waals surface area contributed by atoms with E-state index in [9.17, 15) is 9.59 Å². The fourth-order valence-electron chi connectivity index (χ4n) is 1.88. The smallest absolute Gasteiger partial charge is 0.338 e. The number of amides is 1. The Balaban J connectivity index is 1.92. The van der Waals surface area contributed by atoms with Crippen LogP contribution in [0.5, 0.6) is 0 Å². The molecule has 1 amide bonds. The molecule has 0 fully saturated rings. The van der Waals surface area contributed by atoms with Gasteiger partial charge in [-0.15, -0.1) is 11.3 Å². The zero-order chi connectivity index (χ0) is 15.0. The molecule has 106 valence electrons.